The van der Waals surface area contributed by atoms with Crippen LogP contribution in [0.15, 0.2) is 48.8 Å². The number of hydrogen-bond donors (Lipinski definition) is 0. The van der Waals surface area contributed by atoms with E-state index in [4.69, 9.17) is 21.1 Å². The lowest BCUT2D eigenvalue weighted by molar-refractivity contribution is -0.143. The van der Waals surface area contributed by atoms with E-state index in [1.165, 1.54) is 7.11 Å². The van der Waals surface area contributed by atoms with Crippen LogP contribution in [0.3, 0.4) is 0 Å². The largest absolute Gasteiger partial charge is 0.492 e. The van der Waals surface area contributed by atoms with Crippen LogP contribution in [-0.4, -0.2) is 24.7 Å². The smallest absolute Gasteiger partial charge is 0.316 e. The fourth-order valence-corrected chi connectivity index (χ4v) is 1.94. The molecule has 0 aliphatic carbocycles. The molecule has 1 heterocycles. The molecule has 5 heteroatoms. The SMILES string of the molecule is COC(=O)C(COc1cccc(Cl)c1)c1cccnc1. The van der Waals surface area contributed by atoms with Gasteiger partial charge in [-0.2, -0.15) is 0 Å². The predicted octanol–water partition coefficient (Wildman–Crippen LogP) is 3.07. The molecule has 4 nitrogen and oxygen atoms in total. The molecule has 0 saturated carbocycles. The summed E-state index contributed by atoms with van der Waals surface area (Å²) in [6.45, 7) is 0.165. The Labute approximate surface area is 122 Å². The Bertz CT molecular complexity index is 574. The van der Waals surface area contributed by atoms with Crippen molar-refractivity contribution in [2.45, 2.75) is 5.92 Å². The van der Waals surface area contributed by atoms with Gasteiger partial charge < -0.3 is 9.47 Å². The molecule has 1 aromatic carbocycles. The number of benzene rings is 1. The molecule has 1 unspecified atom stereocenters. The van der Waals surface area contributed by atoms with E-state index in [9.17, 15) is 4.79 Å². The van der Waals surface area contributed by atoms with Crippen molar-refractivity contribution in [3.05, 3.63) is 59.4 Å². The van der Waals surface area contributed by atoms with E-state index in [0.717, 1.165) is 5.56 Å². The molecule has 2 aromatic rings. The lowest BCUT2D eigenvalue weighted by atomic mass is 10.0. The molecular weight excluding hydrogens is 278 g/mol. The summed E-state index contributed by atoms with van der Waals surface area (Å²) >= 11 is 5.89. The molecule has 0 radical (unpaired) electrons. The minimum absolute atomic E-state index is 0.165. The predicted molar refractivity (Wildman–Crippen MR) is 75.9 cm³/mol. The number of carbonyl (C=O) groups excluding carboxylic acids is 1. The van der Waals surface area contributed by atoms with Crippen LogP contribution in [0.4, 0.5) is 0 Å². The topological polar surface area (TPSA) is 48.4 Å². The summed E-state index contributed by atoms with van der Waals surface area (Å²) in [5.74, 6) is -0.275. The van der Waals surface area contributed by atoms with E-state index < -0.39 is 5.92 Å². The molecule has 20 heavy (non-hydrogen) atoms. The van der Waals surface area contributed by atoms with Crippen LogP contribution < -0.4 is 4.74 Å². The number of aromatic nitrogens is 1. The molecule has 0 saturated heterocycles. The first-order chi connectivity index (χ1) is 9.70. The number of ether oxygens (including phenoxy) is 2. The van der Waals surface area contributed by atoms with Crippen LogP contribution in [0, 0.1) is 0 Å². The van der Waals surface area contributed by atoms with Crippen LogP contribution >= 0.6 is 11.6 Å². The number of esters is 1. The lowest BCUT2D eigenvalue weighted by Crippen LogP contribution is -2.21. The molecule has 104 valence electrons. The Morgan fingerprint density at radius 2 is 2.20 bits per heavy atom. The third-order valence-electron chi connectivity index (χ3n) is 2.79. The molecule has 0 fully saturated rings. The second-order valence-corrected chi connectivity index (χ2v) is 4.57. The van der Waals surface area contributed by atoms with Crippen LogP contribution in [-0.2, 0) is 9.53 Å². The summed E-state index contributed by atoms with van der Waals surface area (Å²) in [5.41, 5.74) is 0.751. The highest BCUT2D eigenvalue weighted by Crippen LogP contribution is 2.21. The van der Waals surface area contributed by atoms with Crippen molar-refractivity contribution in [1.29, 1.82) is 0 Å². The molecule has 2 rings (SSSR count). The normalized spacial score (nSPS) is 11.7. The average molecular weight is 292 g/mol. The maximum absolute atomic E-state index is 11.8. The quantitative estimate of drug-likeness (QED) is 0.794. The Kier molecular flexibility index (Phi) is 4.96. The van der Waals surface area contributed by atoms with Crippen LogP contribution in [0.25, 0.3) is 0 Å². The Morgan fingerprint density at radius 1 is 1.35 bits per heavy atom. The molecular formula is C15H14ClNO3. The van der Waals surface area contributed by atoms with Gasteiger partial charge in [0.15, 0.2) is 0 Å². The van der Waals surface area contributed by atoms with Gasteiger partial charge in [0.25, 0.3) is 0 Å². The number of hydrogen-bond acceptors (Lipinski definition) is 4. The summed E-state index contributed by atoms with van der Waals surface area (Å²) in [7, 11) is 1.35. The van der Waals surface area contributed by atoms with Gasteiger partial charge in [-0.1, -0.05) is 23.7 Å². The second kappa shape index (κ2) is 6.91. The number of nitrogens with zero attached hydrogens (tertiary/aromatic N) is 1. The van der Waals surface area contributed by atoms with Gasteiger partial charge in [0.1, 0.15) is 18.3 Å². The van der Waals surface area contributed by atoms with Gasteiger partial charge in [-0.15, -0.1) is 0 Å². The first-order valence-electron chi connectivity index (χ1n) is 6.07. The Morgan fingerprint density at radius 3 is 2.85 bits per heavy atom. The first-order valence-corrected chi connectivity index (χ1v) is 6.44. The molecule has 0 amide bonds. The third kappa shape index (κ3) is 3.71. The van der Waals surface area contributed by atoms with Gasteiger partial charge in [-0.25, -0.2) is 0 Å². The van der Waals surface area contributed by atoms with Crippen molar-refractivity contribution < 1.29 is 14.3 Å². The van der Waals surface area contributed by atoms with E-state index in [1.54, 1.807) is 42.7 Å². The molecule has 0 bridgehead atoms. The van der Waals surface area contributed by atoms with E-state index in [2.05, 4.69) is 4.98 Å². The summed E-state index contributed by atoms with van der Waals surface area (Å²) in [6.07, 6.45) is 3.28. The summed E-state index contributed by atoms with van der Waals surface area (Å²) in [6, 6.07) is 10.6. The van der Waals surface area contributed by atoms with Crippen LogP contribution in [0.1, 0.15) is 11.5 Å². The molecule has 0 aliphatic heterocycles. The zero-order chi connectivity index (χ0) is 14.4. The first kappa shape index (κ1) is 14.3. The highest BCUT2D eigenvalue weighted by molar-refractivity contribution is 6.30. The molecule has 0 aliphatic rings. The van der Waals surface area contributed by atoms with Crippen LogP contribution in [0.5, 0.6) is 5.75 Å². The van der Waals surface area contributed by atoms with Crippen molar-refractivity contribution in [3.8, 4) is 5.75 Å². The van der Waals surface area contributed by atoms with E-state index in [-0.39, 0.29) is 12.6 Å². The number of carbonyl (C=O) groups is 1. The Hall–Kier alpha value is -2.07. The van der Waals surface area contributed by atoms with Gasteiger partial charge >= 0.3 is 5.97 Å². The summed E-state index contributed by atoms with van der Waals surface area (Å²) < 4.78 is 10.4. The highest BCUT2D eigenvalue weighted by atomic mass is 35.5. The monoisotopic (exact) mass is 291 g/mol. The zero-order valence-electron chi connectivity index (χ0n) is 11.0. The third-order valence-corrected chi connectivity index (χ3v) is 3.02. The highest BCUT2D eigenvalue weighted by Gasteiger charge is 2.22. The van der Waals surface area contributed by atoms with Gasteiger partial charge in [0, 0.05) is 17.4 Å². The van der Waals surface area contributed by atoms with Crippen molar-refractivity contribution >= 4 is 17.6 Å². The number of halogens is 1. The molecule has 1 atom stereocenters. The van der Waals surface area contributed by atoms with E-state index in [0.29, 0.717) is 10.8 Å². The van der Waals surface area contributed by atoms with Crippen molar-refractivity contribution in [3.63, 3.8) is 0 Å². The minimum Gasteiger partial charge on any atom is -0.492 e. The summed E-state index contributed by atoms with van der Waals surface area (Å²) in [4.78, 5) is 15.9. The lowest BCUT2D eigenvalue weighted by Gasteiger charge is -2.15. The molecule has 1 aromatic heterocycles. The fraction of sp³-hybridized carbons (Fsp3) is 0.200. The van der Waals surface area contributed by atoms with Crippen molar-refractivity contribution in [1.82, 2.24) is 4.98 Å². The average Bonchev–Trinajstić information content (AvgIpc) is 2.48. The van der Waals surface area contributed by atoms with Crippen molar-refractivity contribution in [2.75, 3.05) is 13.7 Å². The maximum atomic E-state index is 11.8. The standard InChI is InChI=1S/C15H14ClNO3/c1-19-15(18)14(11-4-3-7-17-9-11)10-20-13-6-2-5-12(16)8-13/h2-9,14H,10H2,1H3. The van der Waals surface area contributed by atoms with Gasteiger partial charge in [-0.3, -0.25) is 9.78 Å². The maximum Gasteiger partial charge on any atom is 0.316 e. The molecule has 0 spiro atoms. The summed E-state index contributed by atoms with van der Waals surface area (Å²) in [5, 5.41) is 0.582. The number of rotatable bonds is 5. The second-order valence-electron chi connectivity index (χ2n) is 4.13. The minimum atomic E-state index is -0.521. The van der Waals surface area contributed by atoms with E-state index >= 15 is 0 Å². The number of pyridine rings is 1. The van der Waals surface area contributed by atoms with Gasteiger partial charge in [0.2, 0.25) is 0 Å². The van der Waals surface area contributed by atoms with Gasteiger partial charge in [0.05, 0.1) is 7.11 Å². The van der Waals surface area contributed by atoms with E-state index in [1.807, 2.05) is 6.07 Å². The Balaban J connectivity index is 2.11. The fourth-order valence-electron chi connectivity index (χ4n) is 1.76. The van der Waals surface area contributed by atoms with Crippen LogP contribution in [0.2, 0.25) is 5.02 Å². The van der Waals surface area contributed by atoms with Gasteiger partial charge in [-0.05, 0) is 29.8 Å². The zero-order valence-corrected chi connectivity index (χ0v) is 11.7. The van der Waals surface area contributed by atoms with Crippen molar-refractivity contribution in [2.24, 2.45) is 0 Å². The molecule has 0 N–H and O–H groups in total. The number of methoxy groups -OCH3 is 1.